The van der Waals surface area contributed by atoms with Gasteiger partial charge in [-0.1, -0.05) is 6.58 Å². The van der Waals surface area contributed by atoms with E-state index >= 15 is 0 Å². The van der Waals surface area contributed by atoms with Crippen LogP contribution in [0.3, 0.4) is 0 Å². The van der Waals surface area contributed by atoms with E-state index in [2.05, 4.69) is 11.9 Å². The molecule has 1 amide bonds. The SMILES string of the molecule is C=C(C)C[n+]1cc2n(c1)C(=O)NCC2. The minimum atomic E-state index is -0.0354. The highest BCUT2D eigenvalue weighted by Crippen LogP contribution is 2.03. The van der Waals surface area contributed by atoms with Crippen LogP contribution in [0.2, 0.25) is 0 Å². The minimum Gasteiger partial charge on any atom is -0.317 e. The van der Waals surface area contributed by atoms with Crippen molar-refractivity contribution in [3.05, 3.63) is 30.4 Å². The standard InChI is InChI=1S/C10H13N3O/c1-8(2)5-12-6-9-3-4-11-10(14)13(9)7-12/h6-7H,1,3-5H2,2H3/p+1. The number of rotatable bonds is 2. The number of nitrogens with zero attached hydrogens (tertiary/aromatic N) is 2. The van der Waals surface area contributed by atoms with Crippen LogP contribution in [-0.2, 0) is 13.0 Å². The lowest BCUT2D eigenvalue weighted by Gasteiger charge is -2.07. The molecule has 1 aromatic heterocycles. The van der Waals surface area contributed by atoms with Crippen LogP contribution in [0.25, 0.3) is 0 Å². The van der Waals surface area contributed by atoms with Crippen molar-refractivity contribution in [2.75, 3.05) is 6.54 Å². The summed E-state index contributed by atoms with van der Waals surface area (Å²) in [7, 11) is 0. The topological polar surface area (TPSA) is 37.9 Å². The van der Waals surface area contributed by atoms with Crippen molar-refractivity contribution in [3.63, 3.8) is 0 Å². The van der Waals surface area contributed by atoms with Gasteiger partial charge in [0.05, 0.1) is 0 Å². The van der Waals surface area contributed by atoms with E-state index in [-0.39, 0.29) is 6.03 Å². The van der Waals surface area contributed by atoms with Gasteiger partial charge < -0.3 is 5.32 Å². The van der Waals surface area contributed by atoms with Gasteiger partial charge in [0.2, 0.25) is 0 Å². The molecule has 0 saturated carbocycles. The van der Waals surface area contributed by atoms with Crippen LogP contribution in [0.1, 0.15) is 12.6 Å². The van der Waals surface area contributed by atoms with Crippen molar-refractivity contribution in [1.82, 2.24) is 9.88 Å². The number of carbonyl (C=O) groups excluding carboxylic acids is 1. The Morgan fingerprint density at radius 1 is 1.79 bits per heavy atom. The highest BCUT2D eigenvalue weighted by molar-refractivity contribution is 5.78. The number of allylic oxidation sites excluding steroid dienone is 1. The fourth-order valence-electron chi connectivity index (χ4n) is 1.66. The van der Waals surface area contributed by atoms with Crippen molar-refractivity contribution in [2.45, 2.75) is 19.9 Å². The molecule has 1 aliphatic heterocycles. The normalized spacial score (nSPS) is 14.8. The molecule has 0 saturated heterocycles. The Morgan fingerprint density at radius 2 is 2.57 bits per heavy atom. The van der Waals surface area contributed by atoms with E-state index < -0.39 is 0 Å². The van der Waals surface area contributed by atoms with Gasteiger partial charge in [-0.05, 0) is 12.5 Å². The molecule has 74 valence electrons. The van der Waals surface area contributed by atoms with Gasteiger partial charge in [-0.25, -0.2) is 9.36 Å². The van der Waals surface area contributed by atoms with Crippen LogP contribution < -0.4 is 9.88 Å². The summed E-state index contributed by atoms with van der Waals surface area (Å²) >= 11 is 0. The summed E-state index contributed by atoms with van der Waals surface area (Å²) in [5.41, 5.74) is 2.15. The summed E-state index contributed by atoms with van der Waals surface area (Å²) < 4.78 is 3.65. The zero-order chi connectivity index (χ0) is 10.1. The zero-order valence-electron chi connectivity index (χ0n) is 8.29. The maximum absolute atomic E-state index is 11.4. The van der Waals surface area contributed by atoms with Crippen LogP contribution in [0.15, 0.2) is 24.7 Å². The lowest BCUT2D eigenvalue weighted by molar-refractivity contribution is -0.688. The molecule has 2 heterocycles. The number of carbonyl (C=O) groups is 1. The van der Waals surface area contributed by atoms with E-state index in [1.165, 1.54) is 0 Å². The van der Waals surface area contributed by atoms with E-state index in [9.17, 15) is 4.79 Å². The highest BCUT2D eigenvalue weighted by Gasteiger charge is 2.23. The molecular weight excluding hydrogens is 178 g/mol. The maximum Gasteiger partial charge on any atom is 0.413 e. The molecule has 0 atom stereocenters. The summed E-state index contributed by atoms with van der Waals surface area (Å²) in [4.78, 5) is 11.4. The molecule has 1 aromatic rings. The molecule has 0 unspecified atom stereocenters. The lowest BCUT2D eigenvalue weighted by Crippen LogP contribution is -2.37. The first-order chi connectivity index (χ1) is 6.66. The van der Waals surface area contributed by atoms with E-state index in [0.717, 1.165) is 30.8 Å². The molecule has 1 aliphatic rings. The van der Waals surface area contributed by atoms with Gasteiger partial charge >= 0.3 is 6.03 Å². The highest BCUT2D eigenvalue weighted by atomic mass is 16.2. The van der Waals surface area contributed by atoms with Gasteiger partial charge in [0, 0.05) is 13.0 Å². The van der Waals surface area contributed by atoms with Gasteiger partial charge in [-0.15, -0.1) is 4.57 Å². The molecule has 0 radical (unpaired) electrons. The molecule has 0 aromatic carbocycles. The van der Waals surface area contributed by atoms with Gasteiger partial charge in [-0.2, -0.15) is 0 Å². The van der Waals surface area contributed by atoms with Crippen molar-refractivity contribution in [1.29, 1.82) is 0 Å². The minimum absolute atomic E-state index is 0.0354. The lowest BCUT2D eigenvalue weighted by atomic mass is 10.3. The van der Waals surface area contributed by atoms with Crippen LogP contribution >= 0.6 is 0 Å². The van der Waals surface area contributed by atoms with Crippen molar-refractivity contribution in [2.24, 2.45) is 0 Å². The largest absolute Gasteiger partial charge is 0.413 e. The number of hydrogen-bond acceptors (Lipinski definition) is 1. The predicted octanol–water partition coefficient (Wildman–Crippen LogP) is 0.465. The van der Waals surface area contributed by atoms with Crippen LogP contribution in [0, 0.1) is 0 Å². The van der Waals surface area contributed by atoms with Gasteiger partial charge in [0.1, 0.15) is 12.7 Å². The van der Waals surface area contributed by atoms with E-state index in [1.54, 1.807) is 4.57 Å². The number of imidazole rings is 1. The van der Waals surface area contributed by atoms with Crippen molar-refractivity contribution < 1.29 is 9.36 Å². The van der Waals surface area contributed by atoms with Gasteiger partial charge in [0.25, 0.3) is 6.33 Å². The Kier molecular flexibility index (Phi) is 2.11. The number of nitrogens with one attached hydrogen (secondary N) is 1. The summed E-state index contributed by atoms with van der Waals surface area (Å²) in [6.45, 7) is 7.32. The van der Waals surface area contributed by atoms with Gasteiger partial charge in [0.15, 0.2) is 5.69 Å². The average molecular weight is 192 g/mol. The Balaban J connectivity index is 2.30. The summed E-state index contributed by atoms with van der Waals surface area (Å²) in [6.07, 6.45) is 4.72. The zero-order valence-corrected chi connectivity index (χ0v) is 8.29. The van der Waals surface area contributed by atoms with E-state index in [0.29, 0.717) is 0 Å². The smallest absolute Gasteiger partial charge is 0.317 e. The third-order valence-electron chi connectivity index (χ3n) is 2.22. The molecule has 4 nitrogen and oxygen atoms in total. The first-order valence-corrected chi connectivity index (χ1v) is 4.70. The monoisotopic (exact) mass is 192 g/mol. The summed E-state index contributed by atoms with van der Waals surface area (Å²) in [6, 6.07) is -0.0354. The fourth-order valence-corrected chi connectivity index (χ4v) is 1.66. The van der Waals surface area contributed by atoms with E-state index in [4.69, 9.17) is 0 Å². The van der Waals surface area contributed by atoms with Crippen LogP contribution in [0.4, 0.5) is 4.79 Å². The number of hydrogen-bond donors (Lipinski definition) is 1. The molecular formula is C10H14N3O+. The summed E-state index contributed by atoms with van der Waals surface area (Å²) in [5.74, 6) is 0. The first-order valence-electron chi connectivity index (χ1n) is 4.70. The molecule has 0 fully saturated rings. The number of fused-ring (bicyclic) bond motifs is 1. The van der Waals surface area contributed by atoms with Crippen LogP contribution in [-0.4, -0.2) is 17.1 Å². The fraction of sp³-hybridized carbons (Fsp3) is 0.400. The molecule has 0 spiro atoms. The molecule has 1 N–H and O–H groups in total. The Morgan fingerprint density at radius 3 is 3.21 bits per heavy atom. The Bertz CT molecular complexity index is 392. The first kappa shape index (κ1) is 8.99. The Labute approximate surface area is 82.9 Å². The van der Waals surface area contributed by atoms with Crippen molar-refractivity contribution >= 4 is 6.03 Å². The molecule has 2 rings (SSSR count). The molecule has 0 bridgehead atoms. The van der Waals surface area contributed by atoms with Gasteiger partial charge in [-0.3, -0.25) is 0 Å². The molecule has 4 heteroatoms. The third-order valence-corrected chi connectivity index (χ3v) is 2.22. The summed E-state index contributed by atoms with van der Waals surface area (Å²) in [5, 5.41) is 2.79. The number of aromatic nitrogens is 2. The Hall–Kier alpha value is -1.58. The van der Waals surface area contributed by atoms with Crippen LogP contribution in [0.5, 0.6) is 0 Å². The second-order valence-corrected chi connectivity index (χ2v) is 3.72. The average Bonchev–Trinajstić information content (AvgIpc) is 2.47. The second kappa shape index (κ2) is 3.29. The third kappa shape index (κ3) is 1.55. The molecule has 14 heavy (non-hydrogen) atoms. The second-order valence-electron chi connectivity index (χ2n) is 3.72. The predicted molar refractivity (Wildman–Crippen MR) is 51.9 cm³/mol. The number of amides is 1. The molecule has 0 aliphatic carbocycles. The maximum atomic E-state index is 11.4. The quantitative estimate of drug-likeness (QED) is 0.536. The van der Waals surface area contributed by atoms with E-state index in [1.807, 2.05) is 24.0 Å². The van der Waals surface area contributed by atoms with Crippen molar-refractivity contribution in [3.8, 4) is 0 Å².